The van der Waals surface area contributed by atoms with E-state index in [1.807, 2.05) is 45.0 Å². The van der Waals surface area contributed by atoms with Crippen LogP contribution < -0.4 is 10.6 Å². The highest BCUT2D eigenvalue weighted by atomic mass is 32.1. The van der Waals surface area contributed by atoms with Gasteiger partial charge in [0.15, 0.2) is 0 Å². The number of carbonyl (C=O) groups excluding carboxylic acids is 1. The Bertz CT molecular complexity index is 633. The molecule has 1 aromatic heterocycles. The number of carbonyl (C=O) groups is 1. The van der Waals surface area contributed by atoms with Gasteiger partial charge in [-0.3, -0.25) is 0 Å². The van der Waals surface area contributed by atoms with Crippen molar-refractivity contribution in [1.82, 2.24) is 5.32 Å². The van der Waals surface area contributed by atoms with E-state index in [4.69, 9.17) is 4.74 Å². The number of benzene rings is 1. The van der Waals surface area contributed by atoms with Crippen LogP contribution in [0.4, 0.5) is 10.5 Å². The van der Waals surface area contributed by atoms with Gasteiger partial charge in [0.1, 0.15) is 5.60 Å². The number of alkyl carbamates (subject to hydrolysis) is 1. The van der Waals surface area contributed by atoms with Gasteiger partial charge in [-0.15, -0.1) is 11.3 Å². The average Bonchev–Trinajstić information content (AvgIpc) is 2.98. The minimum atomic E-state index is -0.483. The van der Waals surface area contributed by atoms with E-state index in [-0.39, 0.29) is 6.04 Å². The molecule has 124 valence electrons. The third-order valence-corrected chi connectivity index (χ3v) is 4.17. The predicted molar refractivity (Wildman–Crippen MR) is 95.9 cm³/mol. The highest BCUT2D eigenvalue weighted by Crippen LogP contribution is 2.23. The molecule has 0 bridgehead atoms. The van der Waals surface area contributed by atoms with Gasteiger partial charge < -0.3 is 15.4 Å². The van der Waals surface area contributed by atoms with Crippen LogP contribution in [0.25, 0.3) is 0 Å². The van der Waals surface area contributed by atoms with Crippen LogP contribution in [0.2, 0.25) is 0 Å². The van der Waals surface area contributed by atoms with E-state index in [0.29, 0.717) is 6.54 Å². The van der Waals surface area contributed by atoms with E-state index in [0.717, 1.165) is 11.3 Å². The zero-order valence-electron chi connectivity index (χ0n) is 14.1. The van der Waals surface area contributed by atoms with Gasteiger partial charge in [-0.1, -0.05) is 18.2 Å². The van der Waals surface area contributed by atoms with Crippen LogP contribution in [0.1, 0.15) is 44.2 Å². The number of hydrogen-bond acceptors (Lipinski definition) is 4. The molecule has 23 heavy (non-hydrogen) atoms. The monoisotopic (exact) mass is 332 g/mol. The van der Waals surface area contributed by atoms with Gasteiger partial charge in [0, 0.05) is 17.1 Å². The van der Waals surface area contributed by atoms with Crippen molar-refractivity contribution in [3.63, 3.8) is 0 Å². The normalized spacial score (nSPS) is 12.5. The van der Waals surface area contributed by atoms with Crippen molar-refractivity contribution in [3.8, 4) is 0 Å². The molecular formula is C18H24N2O2S. The summed E-state index contributed by atoms with van der Waals surface area (Å²) >= 11 is 1.74. The Labute approximate surface area is 141 Å². The van der Waals surface area contributed by atoms with Gasteiger partial charge in [0.25, 0.3) is 0 Å². The lowest BCUT2D eigenvalue weighted by molar-refractivity contribution is 0.0523. The van der Waals surface area contributed by atoms with Crippen molar-refractivity contribution in [2.45, 2.75) is 45.9 Å². The fourth-order valence-electron chi connectivity index (χ4n) is 2.12. The number of ether oxygens (including phenoxy) is 1. The Balaban J connectivity index is 1.91. The van der Waals surface area contributed by atoms with Gasteiger partial charge in [-0.2, -0.15) is 0 Å². The molecule has 2 rings (SSSR count). The van der Waals surface area contributed by atoms with Crippen molar-refractivity contribution in [3.05, 3.63) is 52.2 Å². The molecule has 0 aliphatic rings. The van der Waals surface area contributed by atoms with E-state index in [1.54, 1.807) is 11.3 Å². The molecule has 1 aromatic carbocycles. The SMILES string of the molecule is CC(Nc1cccc(CNC(=O)OC(C)(C)C)c1)c1cccs1. The molecule has 5 heteroatoms. The van der Waals surface area contributed by atoms with Crippen LogP contribution in [0.5, 0.6) is 0 Å². The quantitative estimate of drug-likeness (QED) is 0.815. The lowest BCUT2D eigenvalue weighted by Crippen LogP contribution is -2.32. The van der Waals surface area contributed by atoms with Crippen LogP contribution >= 0.6 is 11.3 Å². The van der Waals surface area contributed by atoms with Crippen LogP contribution in [0.3, 0.4) is 0 Å². The molecule has 2 aromatic rings. The highest BCUT2D eigenvalue weighted by molar-refractivity contribution is 7.10. The molecule has 0 spiro atoms. The van der Waals surface area contributed by atoms with Crippen LogP contribution in [0, 0.1) is 0 Å². The van der Waals surface area contributed by atoms with Crippen molar-refractivity contribution >= 4 is 23.1 Å². The highest BCUT2D eigenvalue weighted by Gasteiger charge is 2.15. The van der Waals surface area contributed by atoms with E-state index >= 15 is 0 Å². The van der Waals surface area contributed by atoms with Gasteiger partial charge in [0.2, 0.25) is 0 Å². The number of amides is 1. The first-order chi connectivity index (χ1) is 10.8. The molecule has 0 aliphatic carbocycles. The fourth-order valence-corrected chi connectivity index (χ4v) is 2.85. The molecule has 0 radical (unpaired) electrons. The van der Waals surface area contributed by atoms with E-state index in [9.17, 15) is 4.79 Å². The Hall–Kier alpha value is -2.01. The van der Waals surface area contributed by atoms with Gasteiger partial charge in [-0.25, -0.2) is 4.79 Å². The second-order valence-corrected chi connectivity index (χ2v) is 7.42. The number of nitrogens with one attached hydrogen (secondary N) is 2. The second-order valence-electron chi connectivity index (χ2n) is 6.44. The number of rotatable bonds is 5. The summed E-state index contributed by atoms with van der Waals surface area (Å²) in [5, 5.41) is 8.33. The summed E-state index contributed by atoms with van der Waals surface area (Å²) in [6.07, 6.45) is -0.400. The maximum Gasteiger partial charge on any atom is 0.407 e. The van der Waals surface area contributed by atoms with Crippen molar-refractivity contribution in [1.29, 1.82) is 0 Å². The average molecular weight is 332 g/mol. The first kappa shape index (κ1) is 17.3. The zero-order valence-corrected chi connectivity index (χ0v) is 14.9. The molecule has 0 saturated carbocycles. The van der Waals surface area contributed by atoms with E-state index < -0.39 is 11.7 Å². The molecule has 1 amide bonds. The summed E-state index contributed by atoms with van der Waals surface area (Å²) < 4.78 is 5.24. The number of anilines is 1. The number of thiophene rings is 1. The maximum atomic E-state index is 11.7. The molecule has 0 saturated heterocycles. The zero-order chi connectivity index (χ0) is 16.9. The molecule has 0 fully saturated rings. The molecule has 2 N–H and O–H groups in total. The smallest absolute Gasteiger partial charge is 0.407 e. The molecule has 4 nitrogen and oxygen atoms in total. The Morgan fingerprint density at radius 2 is 2.04 bits per heavy atom. The van der Waals surface area contributed by atoms with Crippen molar-refractivity contribution in [2.75, 3.05) is 5.32 Å². The summed E-state index contributed by atoms with van der Waals surface area (Å²) in [5.74, 6) is 0. The van der Waals surface area contributed by atoms with E-state index in [2.05, 4.69) is 35.1 Å². The third-order valence-electron chi connectivity index (χ3n) is 3.12. The number of hydrogen-bond donors (Lipinski definition) is 2. The summed E-state index contributed by atoms with van der Waals surface area (Å²) in [4.78, 5) is 13.0. The van der Waals surface area contributed by atoms with Gasteiger partial charge in [-0.05, 0) is 56.8 Å². The fraction of sp³-hybridized carbons (Fsp3) is 0.389. The Kier molecular flexibility index (Phi) is 5.66. The molecule has 0 aliphatic heterocycles. The predicted octanol–water partition coefficient (Wildman–Crippen LogP) is 4.95. The lowest BCUT2D eigenvalue weighted by Gasteiger charge is -2.20. The first-order valence-corrected chi connectivity index (χ1v) is 8.57. The Morgan fingerprint density at radius 3 is 2.70 bits per heavy atom. The topological polar surface area (TPSA) is 50.4 Å². The third kappa shape index (κ3) is 5.94. The summed E-state index contributed by atoms with van der Waals surface area (Å²) in [7, 11) is 0. The lowest BCUT2D eigenvalue weighted by atomic mass is 10.1. The maximum absolute atomic E-state index is 11.7. The van der Waals surface area contributed by atoms with Gasteiger partial charge >= 0.3 is 6.09 Å². The van der Waals surface area contributed by atoms with Crippen LogP contribution in [-0.4, -0.2) is 11.7 Å². The first-order valence-electron chi connectivity index (χ1n) is 7.69. The molecular weight excluding hydrogens is 308 g/mol. The summed E-state index contributed by atoms with van der Waals surface area (Å²) in [6.45, 7) is 8.13. The second kappa shape index (κ2) is 7.51. The van der Waals surface area contributed by atoms with Crippen LogP contribution in [-0.2, 0) is 11.3 Å². The molecule has 1 heterocycles. The minimum Gasteiger partial charge on any atom is -0.444 e. The van der Waals surface area contributed by atoms with E-state index in [1.165, 1.54) is 4.88 Å². The molecule has 1 unspecified atom stereocenters. The largest absolute Gasteiger partial charge is 0.444 e. The van der Waals surface area contributed by atoms with Gasteiger partial charge in [0.05, 0.1) is 6.04 Å². The Morgan fingerprint density at radius 1 is 1.26 bits per heavy atom. The molecule has 1 atom stereocenters. The van der Waals surface area contributed by atoms with Crippen LogP contribution in [0.15, 0.2) is 41.8 Å². The standard InChI is InChI=1S/C18H24N2O2S/c1-13(16-9-6-10-23-16)20-15-8-5-7-14(11-15)12-19-17(21)22-18(2,3)4/h5-11,13,20H,12H2,1-4H3,(H,19,21). The summed E-state index contributed by atoms with van der Waals surface area (Å²) in [6, 6.07) is 12.5. The van der Waals surface area contributed by atoms with Crippen molar-refractivity contribution in [2.24, 2.45) is 0 Å². The summed E-state index contributed by atoms with van der Waals surface area (Å²) in [5.41, 5.74) is 1.58. The van der Waals surface area contributed by atoms with Crippen molar-refractivity contribution < 1.29 is 9.53 Å². The minimum absolute atomic E-state index is 0.254.